The molecule has 1 aliphatic rings. The van der Waals surface area contributed by atoms with Gasteiger partial charge in [0.1, 0.15) is 5.82 Å². The number of hydrogen-bond acceptors (Lipinski definition) is 3. The molecule has 3 N–H and O–H groups in total. The van der Waals surface area contributed by atoms with Crippen LogP contribution in [0.2, 0.25) is 0 Å². The first kappa shape index (κ1) is 14.8. The average molecular weight is 279 g/mol. The number of amides is 1. The predicted octanol–water partition coefficient (Wildman–Crippen LogP) is 2.61. The zero-order valence-corrected chi connectivity index (χ0v) is 11.9. The summed E-state index contributed by atoms with van der Waals surface area (Å²) in [5, 5.41) is 2.60. The SMILES string of the molecule is CCN(CC(=O)Nc1cc(N)ccc1F)C1CCCC1. The molecule has 2 rings (SSSR count). The summed E-state index contributed by atoms with van der Waals surface area (Å²) in [6.45, 7) is 3.18. The van der Waals surface area contributed by atoms with E-state index in [4.69, 9.17) is 5.73 Å². The van der Waals surface area contributed by atoms with Gasteiger partial charge in [-0.2, -0.15) is 0 Å². The van der Waals surface area contributed by atoms with Crippen molar-refractivity contribution in [2.24, 2.45) is 0 Å². The normalized spacial score (nSPS) is 15.8. The Morgan fingerprint density at radius 2 is 2.15 bits per heavy atom. The first-order valence-electron chi connectivity index (χ1n) is 7.19. The van der Waals surface area contributed by atoms with Gasteiger partial charge in [-0.3, -0.25) is 9.69 Å². The molecule has 0 saturated heterocycles. The fourth-order valence-corrected chi connectivity index (χ4v) is 2.78. The smallest absolute Gasteiger partial charge is 0.238 e. The van der Waals surface area contributed by atoms with Crippen LogP contribution in [0.3, 0.4) is 0 Å². The van der Waals surface area contributed by atoms with Crippen molar-refractivity contribution in [1.82, 2.24) is 4.90 Å². The molecule has 1 fully saturated rings. The summed E-state index contributed by atoms with van der Waals surface area (Å²) >= 11 is 0. The minimum atomic E-state index is -0.462. The van der Waals surface area contributed by atoms with Crippen molar-refractivity contribution >= 4 is 17.3 Å². The Morgan fingerprint density at radius 1 is 1.45 bits per heavy atom. The number of rotatable bonds is 5. The standard InChI is InChI=1S/C15H22FN3O/c1-2-19(12-5-3-4-6-12)10-15(20)18-14-9-11(17)7-8-13(14)16/h7-9,12H,2-6,10,17H2,1H3,(H,18,20). The van der Waals surface area contributed by atoms with Crippen LogP contribution in [0.4, 0.5) is 15.8 Å². The largest absolute Gasteiger partial charge is 0.399 e. The van der Waals surface area contributed by atoms with Crippen molar-refractivity contribution in [2.75, 3.05) is 24.1 Å². The third kappa shape index (κ3) is 3.70. The van der Waals surface area contributed by atoms with Crippen LogP contribution >= 0.6 is 0 Å². The van der Waals surface area contributed by atoms with E-state index >= 15 is 0 Å². The zero-order valence-electron chi connectivity index (χ0n) is 11.9. The Hall–Kier alpha value is -1.62. The second-order valence-electron chi connectivity index (χ2n) is 5.29. The zero-order chi connectivity index (χ0) is 14.5. The number of anilines is 2. The van der Waals surface area contributed by atoms with Gasteiger partial charge in [0.15, 0.2) is 0 Å². The number of nitrogens with zero attached hydrogens (tertiary/aromatic N) is 1. The monoisotopic (exact) mass is 279 g/mol. The van der Waals surface area contributed by atoms with E-state index in [-0.39, 0.29) is 11.6 Å². The van der Waals surface area contributed by atoms with Crippen LogP contribution in [0.25, 0.3) is 0 Å². The topological polar surface area (TPSA) is 58.4 Å². The van der Waals surface area contributed by atoms with Crippen LogP contribution in [0.15, 0.2) is 18.2 Å². The van der Waals surface area contributed by atoms with E-state index in [1.807, 2.05) is 6.92 Å². The minimum Gasteiger partial charge on any atom is -0.399 e. The van der Waals surface area contributed by atoms with Gasteiger partial charge < -0.3 is 11.1 Å². The fraction of sp³-hybridized carbons (Fsp3) is 0.533. The molecule has 0 unspecified atom stereocenters. The molecule has 0 aliphatic heterocycles. The van der Waals surface area contributed by atoms with Crippen molar-refractivity contribution in [3.8, 4) is 0 Å². The van der Waals surface area contributed by atoms with E-state index in [0.29, 0.717) is 18.3 Å². The first-order valence-corrected chi connectivity index (χ1v) is 7.19. The van der Waals surface area contributed by atoms with Gasteiger partial charge >= 0.3 is 0 Å². The van der Waals surface area contributed by atoms with Crippen molar-refractivity contribution in [3.05, 3.63) is 24.0 Å². The molecule has 0 radical (unpaired) electrons. The summed E-state index contributed by atoms with van der Waals surface area (Å²) in [5.74, 6) is -0.653. The van der Waals surface area contributed by atoms with Crippen molar-refractivity contribution in [1.29, 1.82) is 0 Å². The average Bonchev–Trinajstić information content (AvgIpc) is 2.94. The summed E-state index contributed by atoms with van der Waals surface area (Å²) in [6, 6.07) is 4.66. The number of likely N-dealkylation sites (N-methyl/N-ethyl adjacent to an activating group) is 1. The van der Waals surface area contributed by atoms with E-state index in [1.165, 1.54) is 31.0 Å². The highest BCUT2D eigenvalue weighted by Crippen LogP contribution is 2.23. The van der Waals surface area contributed by atoms with Gasteiger partial charge in [-0.1, -0.05) is 19.8 Å². The summed E-state index contributed by atoms with van der Waals surface area (Å²) in [5.41, 5.74) is 6.19. The quantitative estimate of drug-likeness (QED) is 0.815. The van der Waals surface area contributed by atoms with Gasteiger partial charge in [-0.05, 0) is 37.6 Å². The molecule has 0 aromatic heterocycles. The second kappa shape index (κ2) is 6.70. The highest BCUT2D eigenvalue weighted by Gasteiger charge is 2.23. The van der Waals surface area contributed by atoms with Gasteiger partial charge in [0.25, 0.3) is 0 Å². The second-order valence-corrected chi connectivity index (χ2v) is 5.29. The van der Waals surface area contributed by atoms with E-state index in [2.05, 4.69) is 10.2 Å². The molecular weight excluding hydrogens is 257 g/mol. The molecule has 5 heteroatoms. The number of nitrogen functional groups attached to an aromatic ring is 1. The van der Waals surface area contributed by atoms with Gasteiger partial charge in [-0.15, -0.1) is 0 Å². The van der Waals surface area contributed by atoms with E-state index in [1.54, 1.807) is 0 Å². The maximum absolute atomic E-state index is 13.6. The van der Waals surface area contributed by atoms with Crippen LogP contribution in [0.5, 0.6) is 0 Å². The molecule has 1 amide bonds. The molecule has 0 atom stereocenters. The molecular formula is C15H22FN3O. The Balaban J connectivity index is 1.95. The number of carbonyl (C=O) groups is 1. The molecule has 110 valence electrons. The Labute approximate surface area is 119 Å². The maximum atomic E-state index is 13.6. The summed E-state index contributed by atoms with van der Waals surface area (Å²) in [7, 11) is 0. The molecule has 0 bridgehead atoms. The number of nitrogens with one attached hydrogen (secondary N) is 1. The number of nitrogens with two attached hydrogens (primary N) is 1. The molecule has 4 nitrogen and oxygen atoms in total. The lowest BCUT2D eigenvalue weighted by Gasteiger charge is -2.26. The highest BCUT2D eigenvalue weighted by molar-refractivity contribution is 5.92. The van der Waals surface area contributed by atoms with E-state index in [9.17, 15) is 9.18 Å². The summed E-state index contributed by atoms with van der Waals surface area (Å²) < 4.78 is 13.6. The Bertz CT molecular complexity index is 472. The maximum Gasteiger partial charge on any atom is 0.238 e. The van der Waals surface area contributed by atoms with Crippen LogP contribution in [0, 0.1) is 5.82 Å². The minimum absolute atomic E-state index is 0.150. The Kier molecular flexibility index (Phi) is 4.95. The third-order valence-corrected chi connectivity index (χ3v) is 3.86. The van der Waals surface area contributed by atoms with Crippen molar-refractivity contribution in [3.63, 3.8) is 0 Å². The van der Waals surface area contributed by atoms with Crippen molar-refractivity contribution < 1.29 is 9.18 Å². The van der Waals surface area contributed by atoms with Crippen LogP contribution in [-0.4, -0.2) is 29.9 Å². The molecule has 1 aromatic rings. The molecule has 0 heterocycles. The first-order chi connectivity index (χ1) is 9.60. The number of hydrogen-bond donors (Lipinski definition) is 2. The molecule has 1 saturated carbocycles. The van der Waals surface area contributed by atoms with Gasteiger partial charge in [0, 0.05) is 11.7 Å². The van der Waals surface area contributed by atoms with Crippen LogP contribution in [0.1, 0.15) is 32.6 Å². The van der Waals surface area contributed by atoms with Gasteiger partial charge in [0.05, 0.1) is 12.2 Å². The lowest BCUT2D eigenvalue weighted by molar-refractivity contribution is -0.117. The lowest BCUT2D eigenvalue weighted by atomic mass is 10.2. The van der Waals surface area contributed by atoms with E-state index < -0.39 is 5.82 Å². The summed E-state index contributed by atoms with van der Waals surface area (Å²) in [6.07, 6.45) is 4.75. The highest BCUT2D eigenvalue weighted by atomic mass is 19.1. The fourth-order valence-electron chi connectivity index (χ4n) is 2.78. The summed E-state index contributed by atoms with van der Waals surface area (Å²) in [4.78, 5) is 14.2. The van der Waals surface area contributed by atoms with Gasteiger partial charge in [0.2, 0.25) is 5.91 Å². The molecule has 0 spiro atoms. The third-order valence-electron chi connectivity index (χ3n) is 3.86. The van der Waals surface area contributed by atoms with Crippen LogP contribution < -0.4 is 11.1 Å². The molecule has 20 heavy (non-hydrogen) atoms. The van der Waals surface area contributed by atoms with E-state index in [0.717, 1.165) is 19.4 Å². The number of halogens is 1. The molecule has 1 aromatic carbocycles. The molecule has 1 aliphatic carbocycles. The van der Waals surface area contributed by atoms with Crippen molar-refractivity contribution in [2.45, 2.75) is 38.6 Å². The number of carbonyl (C=O) groups excluding carboxylic acids is 1. The predicted molar refractivity (Wildman–Crippen MR) is 78.9 cm³/mol. The van der Waals surface area contributed by atoms with Crippen LogP contribution in [-0.2, 0) is 4.79 Å². The number of benzene rings is 1. The van der Waals surface area contributed by atoms with Gasteiger partial charge in [-0.25, -0.2) is 4.39 Å². The Morgan fingerprint density at radius 3 is 2.80 bits per heavy atom. The lowest BCUT2D eigenvalue weighted by Crippen LogP contribution is -2.39.